The molecule has 0 heterocycles. The van der Waals surface area contributed by atoms with Gasteiger partial charge in [0.25, 0.3) is 0 Å². The van der Waals surface area contributed by atoms with Crippen LogP contribution >= 0.6 is 7.82 Å². The molecule has 0 aliphatic rings. The third kappa shape index (κ3) is 38.3. The highest BCUT2D eigenvalue weighted by molar-refractivity contribution is 7.47. The highest BCUT2D eigenvalue weighted by Crippen LogP contribution is 2.43. The Kier molecular flexibility index (Phi) is 37.2. The Bertz CT molecular complexity index is 983. The van der Waals surface area contributed by atoms with E-state index < -0.39 is 51.8 Å². The molecule has 1 unspecified atom stereocenters. The van der Waals surface area contributed by atoms with E-state index in [0.717, 1.165) is 44.9 Å². The molecule has 0 saturated heterocycles. The summed E-state index contributed by atoms with van der Waals surface area (Å²) in [6, 6.07) is 0. The summed E-state index contributed by atoms with van der Waals surface area (Å²) in [5.74, 6) is -0.965. The zero-order chi connectivity index (χ0) is 39.1. The van der Waals surface area contributed by atoms with Gasteiger partial charge in [-0.25, -0.2) is 4.57 Å². The third-order valence-corrected chi connectivity index (χ3v) is 9.72. The van der Waals surface area contributed by atoms with E-state index in [0.29, 0.717) is 12.8 Å². The monoisotopic (exact) mass is 773 g/mol. The first-order valence-electron chi connectivity index (χ1n) is 20.9. The number of unbranched alkanes of at least 4 members (excludes halogenated alkanes) is 19. The van der Waals surface area contributed by atoms with Crippen molar-refractivity contribution < 1.29 is 47.8 Å². The van der Waals surface area contributed by atoms with Gasteiger partial charge in [0.1, 0.15) is 12.7 Å². The maximum absolute atomic E-state index is 12.6. The Balaban J connectivity index is 4.37. The number of rotatable bonds is 39. The van der Waals surface area contributed by atoms with E-state index in [1.807, 2.05) is 0 Å². The van der Waals surface area contributed by atoms with E-state index in [2.05, 4.69) is 54.8 Å². The van der Waals surface area contributed by atoms with Gasteiger partial charge in [0.15, 0.2) is 6.10 Å². The van der Waals surface area contributed by atoms with Crippen LogP contribution in [0.5, 0.6) is 0 Å². The summed E-state index contributed by atoms with van der Waals surface area (Å²) < 4.78 is 32.6. The van der Waals surface area contributed by atoms with Crippen LogP contribution in [-0.4, -0.2) is 65.7 Å². The van der Waals surface area contributed by atoms with Crippen LogP contribution in [0.2, 0.25) is 0 Å². The second-order valence-corrected chi connectivity index (χ2v) is 15.5. The lowest BCUT2D eigenvalue weighted by atomic mass is 10.1. The van der Waals surface area contributed by atoms with Crippen molar-refractivity contribution in [2.45, 2.75) is 193 Å². The van der Waals surface area contributed by atoms with Gasteiger partial charge in [0.2, 0.25) is 0 Å². The molecule has 0 aromatic rings. The van der Waals surface area contributed by atoms with Crippen LogP contribution in [0.15, 0.2) is 36.5 Å². The second kappa shape index (κ2) is 38.5. The van der Waals surface area contributed by atoms with Crippen LogP contribution < -0.4 is 0 Å². The normalized spacial score (nSPS) is 14.3. The highest BCUT2D eigenvalue weighted by atomic mass is 31.2. The number of phosphoric acid groups is 1. The van der Waals surface area contributed by atoms with Crippen LogP contribution in [0.3, 0.4) is 0 Å². The van der Waals surface area contributed by atoms with E-state index >= 15 is 0 Å². The standard InChI is InChI=1S/C42H77O10P/c1-3-5-7-9-11-13-15-17-19-21-23-25-27-29-31-33-41(45)49-37-40(38-51-53(47,48)50-36-39(44)35-43)52-42(46)34-32-30-28-26-24-22-20-18-16-14-12-10-8-6-4-2/h9,11,18,20,24,26,39-40,43-44H,3-8,10,12-17,19,21-23,25,27-38H2,1-2H3,(H,47,48)/b11-9+,20-18+,26-24+/t39-,40+/m0/s1. The summed E-state index contributed by atoms with van der Waals surface area (Å²) in [7, 11) is -4.62. The Morgan fingerprint density at radius 3 is 1.57 bits per heavy atom. The molecule has 0 aromatic heterocycles. The highest BCUT2D eigenvalue weighted by Gasteiger charge is 2.27. The molecule has 53 heavy (non-hydrogen) atoms. The number of aliphatic hydroxyl groups is 2. The number of ether oxygens (including phenoxy) is 2. The summed E-state index contributed by atoms with van der Waals surface area (Å²) in [6.45, 7) is 2.30. The number of carbonyl (C=O) groups excluding carboxylic acids is 2. The van der Waals surface area contributed by atoms with Gasteiger partial charge in [-0.3, -0.25) is 18.6 Å². The van der Waals surface area contributed by atoms with Crippen LogP contribution in [0.1, 0.15) is 181 Å². The van der Waals surface area contributed by atoms with Crippen molar-refractivity contribution in [1.29, 1.82) is 0 Å². The molecule has 0 radical (unpaired) electrons. The fourth-order valence-electron chi connectivity index (χ4n) is 5.47. The zero-order valence-electron chi connectivity index (χ0n) is 33.5. The van der Waals surface area contributed by atoms with Gasteiger partial charge >= 0.3 is 19.8 Å². The summed E-state index contributed by atoms with van der Waals surface area (Å²) in [5.41, 5.74) is 0. The van der Waals surface area contributed by atoms with Crippen LogP contribution in [0, 0.1) is 0 Å². The minimum Gasteiger partial charge on any atom is -0.462 e. The van der Waals surface area contributed by atoms with Gasteiger partial charge in [-0.1, -0.05) is 140 Å². The van der Waals surface area contributed by atoms with Gasteiger partial charge in [-0.05, 0) is 64.2 Å². The molecule has 0 aliphatic heterocycles. The van der Waals surface area contributed by atoms with Crippen molar-refractivity contribution in [3.63, 3.8) is 0 Å². The van der Waals surface area contributed by atoms with Gasteiger partial charge in [0, 0.05) is 12.8 Å². The molecule has 3 atom stereocenters. The smallest absolute Gasteiger partial charge is 0.462 e. The average molecular weight is 773 g/mol. The molecule has 0 saturated carbocycles. The number of aliphatic hydroxyl groups excluding tert-OH is 2. The lowest BCUT2D eigenvalue weighted by molar-refractivity contribution is -0.161. The number of phosphoric ester groups is 1. The lowest BCUT2D eigenvalue weighted by Gasteiger charge is -2.20. The summed E-state index contributed by atoms with van der Waals surface area (Å²) in [6.07, 6.45) is 38.3. The molecule has 0 amide bonds. The Morgan fingerprint density at radius 1 is 0.566 bits per heavy atom. The van der Waals surface area contributed by atoms with Crippen molar-refractivity contribution in [2.75, 3.05) is 26.4 Å². The first-order chi connectivity index (χ1) is 25.7. The molecule has 0 rings (SSSR count). The van der Waals surface area contributed by atoms with Gasteiger partial charge in [-0.2, -0.15) is 0 Å². The molecule has 0 aromatic carbocycles. The van der Waals surface area contributed by atoms with Crippen molar-refractivity contribution in [2.24, 2.45) is 0 Å². The maximum Gasteiger partial charge on any atom is 0.472 e. The number of esters is 2. The molecule has 0 bridgehead atoms. The largest absolute Gasteiger partial charge is 0.472 e. The summed E-state index contributed by atoms with van der Waals surface area (Å²) in [4.78, 5) is 34.9. The van der Waals surface area contributed by atoms with E-state index in [9.17, 15) is 24.2 Å². The van der Waals surface area contributed by atoms with E-state index in [1.54, 1.807) is 0 Å². The average Bonchev–Trinajstić information content (AvgIpc) is 3.14. The predicted octanol–water partition coefficient (Wildman–Crippen LogP) is 10.8. The number of hydrogen-bond acceptors (Lipinski definition) is 9. The molecule has 0 aliphatic carbocycles. The quantitative estimate of drug-likeness (QED) is 0.0238. The van der Waals surface area contributed by atoms with Crippen LogP contribution in [0.25, 0.3) is 0 Å². The number of allylic oxidation sites excluding steroid dienone is 6. The van der Waals surface area contributed by atoms with Gasteiger partial charge in [0.05, 0.1) is 19.8 Å². The minimum absolute atomic E-state index is 0.142. The van der Waals surface area contributed by atoms with E-state index in [4.69, 9.17) is 19.1 Å². The third-order valence-electron chi connectivity index (χ3n) is 8.77. The molecular weight excluding hydrogens is 695 g/mol. The molecule has 0 fully saturated rings. The van der Waals surface area contributed by atoms with E-state index in [-0.39, 0.29) is 19.4 Å². The summed E-state index contributed by atoms with van der Waals surface area (Å²) in [5, 5.41) is 18.3. The molecular formula is C42H77O10P. The summed E-state index contributed by atoms with van der Waals surface area (Å²) >= 11 is 0. The van der Waals surface area contributed by atoms with E-state index in [1.165, 1.54) is 96.3 Å². The van der Waals surface area contributed by atoms with Crippen LogP contribution in [0.4, 0.5) is 0 Å². The zero-order valence-corrected chi connectivity index (χ0v) is 34.4. The van der Waals surface area contributed by atoms with Crippen molar-refractivity contribution in [3.8, 4) is 0 Å². The van der Waals surface area contributed by atoms with Crippen molar-refractivity contribution in [1.82, 2.24) is 0 Å². The lowest BCUT2D eigenvalue weighted by Crippen LogP contribution is -2.29. The first-order valence-corrected chi connectivity index (χ1v) is 22.4. The second-order valence-electron chi connectivity index (χ2n) is 14.0. The van der Waals surface area contributed by atoms with Crippen molar-refractivity contribution >= 4 is 19.8 Å². The van der Waals surface area contributed by atoms with Gasteiger partial charge < -0.3 is 24.6 Å². The Labute approximate surface area is 322 Å². The fraction of sp³-hybridized carbons (Fsp3) is 0.810. The Hall–Kier alpha value is -1.81. The van der Waals surface area contributed by atoms with Gasteiger partial charge in [-0.15, -0.1) is 0 Å². The number of hydrogen-bond donors (Lipinski definition) is 3. The van der Waals surface area contributed by atoms with Crippen LogP contribution in [-0.2, 0) is 32.7 Å². The topological polar surface area (TPSA) is 149 Å². The minimum atomic E-state index is -4.62. The Morgan fingerprint density at radius 2 is 1.00 bits per heavy atom. The molecule has 0 spiro atoms. The number of carbonyl (C=O) groups is 2. The predicted molar refractivity (Wildman–Crippen MR) is 214 cm³/mol. The molecule has 310 valence electrons. The maximum atomic E-state index is 12.6. The molecule has 3 N–H and O–H groups in total. The molecule has 10 nitrogen and oxygen atoms in total. The fourth-order valence-corrected chi connectivity index (χ4v) is 6.26. The van der Waals surface area contributed by atoms with Crippen molar-refractivity contribution in [3.05, 3.63) is 36.5 Å². The SMILES string of the molecule is CCCC/C=C/CCCCCCCCCCCC(=O)OC[C@H](COP(=O)(O)OC[C@@H](O)CO)OC(=O)CCCC/C=C/C/C=C/CCCCCCCC. The molecule has 11 heteroatoms. The first kappa shape index (κ1) is 51.2.